The largest absolute Gasteiger partial charge is 0.497 e. The first-order chi connectivity index (χ1) is 12.3. The number of ether oxygens (including phenoxy) is 1. The predicted octanol–water partition coefficient (Wildman–Crippen LogP) is 3.45. The van der Waals surface area contributed by atoms with Crippen molar-refractivity contribution >= 4 is 17.2 Å². The molecule has 0 bridgehead atoms. The highest BCUT2D eigenvalue weighted by molar-refractivity contribution is 5.99. The van der Waals surface area contributed by atoms with E-state index < -0.39 is 11.9 Å². The monoisotopic (exact) mass is 361 g/mol. The van der Waals surface area contributed by atoms with E-state index in [1.54, 1.807) is 18.2 Å². The molecule has 5 nitrogen and oxygen atoms in total. The van der Waals surface area contributed by atoms with Gasteiger partial charge in [-0.1, -0.05) is 12.1 Å². The maximum absolute atomic E-state index is 13.6. The van der Waals surface area contributed by atoms with Crippen molar-refractivity contribution in [3.63, 3.8) is 0 Å². The number of methoxy groups -OCH3 is 1. The van der Waals surface area contributed by atoms with Gasteiger partial charge in [0.15, 0.2) is 5.69 Å². The minimum absolute atomic E-state index is 0.0142. The Kier molecular flexibility index (Phi) is 3.64. The van der Waals surface area contributed by atoms with E-state index >= 15 is 0 Å². The van der Waals surface area contributed by atoms with Gasteiger partial charge in [0.1, 0.15) is 11.4 Å². The normalized spacial score (nSPS) is 13.8. The molecule has 1 amide bonds. The number of carbonyl (C=O) groups is 1. The van der Waals surface area contributed by atoms with Crippen molar-refractivity contribution < 1.29 is 22.7 Å². The van der Waals surface area contributed by atoms with Crippen LogP contribution in [0.3, 0.4) is 0 Å². The minimum Gasteiger partial charge on any atom is -0.497 e. The molecule has 26 heavy (non-hydrogen) atoms. The number of nitrogens with zero attached hydrogens (tertiary/aromatic N) is 2. The van der Waals surface area contributed by atoms with Crippen LogP contribution in [0.1, 0.15) is 22.5 Å². The number of hydrogen-bond acceptors (Lipinski definition) is 3. The molecule has 0 saturated heterocycles. The van der Waals surface area contributed by atoms with Crippen LogP contribution < -0.4 is 10.1 Å². The maximum Gasteiger partial charge on any atom is 0.433 e. The molecule has 1 aliphatic heterocycles. The van der Waals surface area contributed by atoms with E-state index in [2.05, 4.69) is 10.3 Å². The van der Waals surface area contributed by atoms with Gasteiger partial charge in [-0.05, 0) is 23.3 Å². The summed E-state index contributed by atoms with van der Waals surface area (Å²) in [6, 6.07) is 8.08. The number of carbonyl (C=O) groups excluding carboxylic acids is 1. The van der Waals surface area contributed by atoms with E-state index in [0.717, 1.165) is 9.96 Å². The lowest BCUT2D eigenvalue weighted by Gasteiger charge is -2.10. The third-order valence-corrected chi connectivity index (χ3v) is 4.34. The fourth-order valence-corrected chi connectivity index (χ4v) is 3.21. The van der Waals surface area contributed by atoms with Crippen LogP contribution in [0.15, 0.2) is 36.5 Å². The molecular weight excluding hydrogens is 347 g/mol. The average molecular weight is 361 g/mol. The molecule has 3 heterocycles. The van der Waals surface area contributed by atoms with E-state index in [0.29, 0.717) is 17.0 Å². The Morgan fingerprint density at radius 2 is 2.08 bits per heavy atom. The lowest BCUT2D eigenvalue weighted by Crippen LogP contribution is -2.12. The molecule has 4 rings (SSSR count). The van der Waals surface area contributed by atoms with Gasteiger partial charge in [0.05, 0.1) is 19.2 Å². The summed E-state index contributed by atoms with van der Waals surface area (Å²) in [5.41, 5.74) is 1.46. The Bertz CT molecular complexity index is 1020. The second kappa shape index (κ2) is 5.76. The molecule has 3 aromatic rings. The van der Waals surface area contributed by atoms with Gasteiger partial charge >= 0.3 is 6.18 Å². The molecule has 0 unspecified atom stereocenters. The van der Waals surface area contributed by atoms with Crippen LogP contribution in [-0.2, 0) is 23.8 Å². The van der Waals surface area contributed by atoms with Gasteiger partial charge in [0, 0.05) is 24.4 Å². The van der Waals surface area contributed by atoms with Crippen molar-refractivity contribution in [1.29, 1.82) is 0 Å². The summed E-state index contributed by atoms with van der Waals surface area (Å²) in [6.45, 7) is 0. The Balaban J connectivity index is 1.78. The summed E-state index contributed by atoms with van der Waals surface area (Å²) >= 11 is 0. The number of halogens is 3. The fraction of sp³-hybridized carbons (Fsp3) is 0.222. The van der Waals surface area contributed by atoms with E-state index in [9.17, 15) is 18.0 Å². The molecule has 0 saturated carbocycles. The van der Waals surface area contributed by atoms with Crippen molar-refractivity contribution in [3.8, 4) is 5.75 Å². The van der Waals surface area contributed by atoms with Crippen molar-refractivity contribution in [2.75, 3.05) is 12.4 Å². The number of hydrogen-bond donors (Lipinski definition) is 1. The number of alkyl halides is 3. The number of fused-ring (bicyclic) bond motifs is 2. The quantitative estimate of drug-likeness (QED) is 0.777. The molecule has 2 aromatic heterocycles. The highest BCUT2D eigenvalue weighted by atomic mass is 19.4. The van der Waals surface area contributed by atoms with Crippen LogP contribution in [0.5, 0.6) is 5.75 Å². The first-order valence-corrected chi connectivity index (χ1v) is 7.89. The second-order valence-corrected chi connectivity index (χ2v) is 6.09. The zero-order valence-corrected chi connectivity index (χ0v) is 13.7. The summed E-state index contributed by atoms with van der Waals surface area (Å²) in [6.07, 6.45) is -2.99. The van der Waals surface area contributed by atoms with E-state index in [1.807, 2.05) is 0 Å². The van der Waals surface area contributed by atoms with Crippen LogP contribution in [0, 0.1) is 0 Å². The number of imidazole rings is 1. The number of benzene rings is 1. The number of aromatic nitrogens is 2. The third-order valence-electron chi connectivity index (χ3n) is 4.34. The van der Waals surface area contributed by atoms with Crippen molar-refractivity contribution in [3.05, 3.63) is 59.0 Å². The molecule has 0 aliphatic carbocycles. The number of rotatable bonds is 3. The van der Waals surface area contributed by atoms with Crippen LogP contribution >= 0.6 is 0 Å². The molecule has 0 radical (unpaired) electrons. The Hall–Kier alpha value is -3.03. The number of pyridine rings is 1. The summed E-state index contributed by atoms with van der Waals surface area (Å²) in [4.78, 5) is 15.6. The van der Waals surface area contributed by atoms with Gasteiger partial charge in [0.2, 0.25) is 5.91 Å². The lowest BCUT2D eigenvalue weighted by atomic mass is 10.0. The molecule has 1 aliphatic rings. The average Bonchev–Trinajstić information content (AvgIpc) is 3.12. The molecule has 1 aromatic carbocycles. The summed E-state index contributed by atoms with van der Waals surface area (Å²) in [7, 11) is 1.44. The van der Waals surface area contributed by atoms with Gasteiger partial charge < -0.3 is 10.1 Å². The third kappa shape index (κ3) is 2.77. The molecule has 1 N–H and O–H groups in total. The molecule has 8 heteroatoms. The molecular formula is C18H14F3N3O2. The van der Waals surface area contributed by atoms with E-state index in [1.165, 1.54) is 25.4 Å². The molecule has 0 atom stereocenters. The van der Waals surface area contributed by atoms with Gasteiger partial charge in [-0.25, -0.2) is 4.98 Å². The van der Waals surface area contributed by atoms with E-state index in [-0.39, 0.29) is 30.1 Å². The van der Waals surface area contributed by atoms with Crippen LogP contribution in [-0.4, -0.2) is 22.4 Å². The summed E-state index contributed by atoms with van der Waals surface area (Å²) in [5.74, 6) is 0.317. The highest BCUT2D eigenvalue weighted by Gasteiger charge is 2.38. The lowest BCUT2D eigenvalue weighted by molar-refractivity contribution is -0.142. The van der Waals surface area contributed by atoms with Gasteiger partial charge in [0.25, 0.3) is 0 Å². The van der Waals surface area contributed by atoms with Crippen LogP contribution in [0.25, 0.3) is 5.65 Å². The zero-order chi connectivity index (χ0) is 18.5. The predicted molar refractivity (Wildman–Crippen MR) is 88.3 cm³/mol. The van der Waals surface area contributed by atoms with Crippen LogP contribution in [0.4, 0.5) is 18.9 Å². The Morgan fingerprint density at radius 1 is 1.27 bits per heavy atom. The molecule has 0 fully saturated rings. The molecule has 134 valence electrons. The topological polar surface area (TPSA) is 55.6 Å². The second-order valence-electron chi connectivity index (χ2n) is 6.09. The maximum atomic E-state index is 13.6. The first kappa shape index (κ1) is 16.4. The number of nitrogens with one attached hydrogen (secondary N) is 1. The number of anilines is 1. The van der Waals surface area contributed by atoms with Crippen molar-refractivity contribution in [2.45, 2.75) is 19.0 Å². The van der Waals surface area contributed by atoms with Gasteiger partial charge in [-0.3, -0.25) is 9.20 Å². The number of amides is 1. The van der Waals surface area contributed by atoms with Crippen molar-refractivity contribution in [2.24, 2.45) is 0 Å². The zero-order valence-electron chi connectivity index (χ0n) is 13.7. The minimum atomic E-state index is -4.54. The highest BCUT2D eigenvalue weighted by Crippen LogP contribution is 2.35. The fourth-order valence-electron chi connectivity index (χ4n) is 3.21. The standard InChI is InChI=1S/C18H14F3N3O2/c1-26-12-4-5-24-15(9-12)22-14(17(24)18(19,20)21)7-10-2-3-13-11(6-10)8-16(25)23-13/h2-6,9H,7-8H2,1H3,(H,23,25). The van der Waals surface area contributed by atoms with E-state index in [4.69, 9.17) is 4.74 Å². The van der Waals surface area contributed by atoms with Crippen molar-refractivity contribution in [1.82, 2.24) is 9.38 Å². The van der Waals surface area contributed by atoms with Gasteiger partial charge in [-0.2, -0.15) is 13.2 Å². The summed E-state index contributed by atoms with van der Waals surface area (Å²) in [5, 5.41) is 2.71. The Labute approximate surface area is 146 Å². The SMILES string of the molecule is COc1ccn2c(C(F)(F)F)c(Cc3ccc4c(c3)CC(=O)N4)nc2c1. The van der Waals surface area contributed by atoms with Gasteiger partial charge in [-0.15, -0.1) is 0 Å². The Morgan fingerprint density at radius 3 is 2.81 bits per heavy atom. The van der Waals surface area contributed by atoms with Crippen LogP contribution in [0.2, 0.25) is 0 Å². The smallest absolute Gasteiger partial charge is 0.433 e. The first-order valence-electron chi connectivity index (χ1n) is 7.89. The molecule has 0 spiro atoms. The summed E-state index contributed by atoms with van der Waals surface area (Å²) < 4.78 is 46.9.